The molecule has 0 spiro atoms. The topological polar surface area (TPSA) is 23.1 Å². The summed E-state index contributed by atoms with van der Waals surface area (Å²) in [5, 5.41) is 8.93. The third kappa shape index (κ3) is 27.7. The molecule has 0 rings (SSSR count). The molecule has 0 radical (unpaired) electrons. The van der Waals surface area contributed by atoms with Crippen molar-refractivity contribution in [2.75, 3.05) is 6.61 Å². The van der Waals surface area contributed by atoms with Crippen LogP contribution in [0.15, 0.2) is 0 Å². The van der Waals surface area contributed by atoms with Gasteiger partial charge in [-0.3, -0.25) is 0 Å². The van der Waals surface area contributed by atoms with Gasteiger partial charge >= 0.3 is 51.4 Å². The van der Waals surface area contributed by atoms with Crippen LogP contribution in [0.1, 0.15) is 6.92 Å². The molecule has 4 heteroatoms. The third-order valence-corrected chi connectivity index (χ3v) is 0. The van der Waals surface area contributed by atoms with Crippen molar-refractivity contribution in [2.45, 2.75) is 6.92 Å². The van der Waals surface area contributed by atoms with Gasteiger partial charge in [-0.2, -0.15) is 0 Å². The van der Waals surface area contributed by atoms with E-state index in [9.17, 15) is 0 Å². The molecule has 0 saturated heterocycles. The average molecular weight is 338 g/mol. The van der Waals surface area contributed by atoms with Crippen LogP contribution in [0.25, 0.3) is 0 Å². The first kappa shape index (κ1) is 16.0. The fourth-order valence-corrected chi connectivity index (χ4v) is 0. The molecule has 0 saturated carbocycles. The number of rotatable bonds is 0. The Morgan fingerprint density at radius 1 is 1.50 bits per heavy atom. The molecule has 0 fully saturated rings. The largest absolute Gasteiger partial charge is 1.00 e. The minimum Gasteiger partial charge on any atom is -0.855 e. The first-order valence-corrected chi connectivity index (χ1v) is 7.42. The van der Waals surface area contributed by atoms with E-state index in [1.807, 2.05) is 0 Å². The maximum Gasteiger partial charge on any atom is 1.00 e. The van der Waals surface area contributed by atoms with Gasteiger partial charge in [-0.25, -0.2) is 0 Å². The van der Waals surface area contributed by atoms with Gasteiger partial charge in [-0.15, -0.1) is 6.61 Å². The van der Waals surface area contributed by atoms with Gasteiger partial charge in [-0.05, 0) is 0 Å². The summed E-state index contributed by atoms with van der Waals surface area (Å²) in [5.74, 6) is 0. The molecule has 0 aromatic carbocycles. The molecule has 0 amide bonds. The summed E-state index contributed by atoms with van der Waals surface area (Å²) in [6.45, 7) is 1.57. The van der Waals surface area contributed by atoms with Gasteiger partial charge in [0.2, 0.25) is 0 Å². The molecule has 0 aliphatic rings. The van der Waals surface area contributed by atoms with Gasteiger partial charge in [0, 0.05) is 37.2 Å². The van der Waals surface area contributed by atoms with Crippen molar-refractivity contribution in [1.82, 2.24) is 0 Å². The fraction of sp³-hybridized carbons (Fsp3) is 1.00. The van der Waals surface area contributed by atoms with Crippen molar-refractivity contribution in [3.8, 4) is 0 Å². The summed E-state index contributed by atoms with van der Waals surface area (Å²) >= 11 is 4.24. The van der Waals surface area contributed by atoms with Crippen molar-refractivity contribution < 1.29 is 56.5 Å². The number of hydrogen-bond donors (Lipinski definition) is 0. The van der Waals surface area contributed by atoms with Gasteiger partial charge < -0.3 is 5.11 Å². The Balaban J connectivity index is -0.0000000275. The van der Waals surface area contributed by atoms with Crippen LogP contribution in [0.3, 0.4) is 0 Å². The molecule has 0 atom stereocenters. The van der Waals surface area contributed by atoms with Crippen LogP contribution in [0.2, 0.25) is 0 Å². The predicted molar refractivity (Wildman–Crippen MR) is 38.6 cm³/mol. The Morgan fingerprint density at radius 2 is 1.50 bits per heavy atom. The third-order valence-electron chi connectivity index (χ3n) is 0. The van der Waals surface area contributed by atoms with Crippen LogP contribution >= 0.6 is 37.2 Å². The zero-order valence-corrected chi connectivity index (χ0v) is 11.3. The van der Waals surface area contributed by atoms with E-state index < -0.39 is 0 Å². The molecule has 0 unspecified atom stereocenters. The molecule has 0 bridgehead atoms. The minimum absolute atomic E-state index is 0. The average Bonchev–Trinajstić information content (AvgIpc) is 1.46. The molecule has 0 heterocycles. The zero-order chi connectivity index (χ0) is 4.71. The van der Waals surface area contributed by atoms with E-state index in [2.05, 4.69) is 37.2 Å². The summed E-state index contributed by atoms with van der Waals surface area (Å²) < 4.78 is 0. The Kier molecular flexibility index (Phi) is 65.1. The fourth-order valence-electron chi connectivity index (χ4n) is 0. The van der Waals surface area contributed by atoms with E-state index in [1.54, 1.807) is 6.92 Å². The molecule has 0 aromatic heterocycles. The van der Waals surface area contributed by atoms with Crippen molar-refractivity contribution in [3.05, 3.63) is 0 Å². The summed E-state index contributed by atoms with van der Waals surface area (Å²) in [6, 6.07) is 0. The van der Waals surface area contributed by atoms with Crippen LogP contribution in [0.4, 0.5) is 0 Å². The number of hydrogen-bond acceptors (Lipinski definition) is 1. The van der Waals surface area contributed by atoms with Gasteiger partial charge in [0.05, 0.1) is 0 Å². The molecule has 0 aromatic rings. The van der Waals surface area contributed by atoms with E-state index >= 15 is 0 Å². The van der Waals surface area contributed by atoms with Gasteiger partial charge in [0.15, 0.2) is 0 Å². The Bertz CT molecular complexity index is 11.5. The van der Waals surface area contributed by atoms with Gasteiger partial charge in [0.25, 0.3) is 0 Å². The van der Waals surface area contributed by atoms with E-state index in [-0.39, 0.29) is 58.0 Å². The molecule has 0 N–H and O–H groups in total. The monoisotopic (exact) mass is 338 g/mol. The molecular weight excluding hydrogens is 333 g/mol. The van der Waals surface area contributed by atoms with Crippen molar-refractivity contribution in [1.29, 1.82) is 0 Å². The Hall–Kier alpha value is 3.06. The van der Waals surface area contributed by atoms with Crippen LogP contribution in [0, 0.1) is 0 Å². The van der Waals surface area contributed by atoms with Crippen molar-refractivity contribution >= 4 is 37.2 Å². The predicted octanol–water partition coefficient (Wildman–Crippen LogP) is -1.86. The SMILES string of the molecule is CC[O-].II.[K+]. The molecule has 6 heavy (non-hydrogen) atoms. The molecular formula is C2H5I2KO. The summed E-state index contributed by atoms with van der Waals surface area (Å²) in [6.07, 6.45) is 0. The normalized spacial score (nSPS) is 4.00. The molecule has 0 aliphatic heterocycles. The Labute approximate surface area is 104 Å². The van der Waals surface area contributed by atoms with Crippen LogP contribution in [0.5, 0.6) is 0 Å². The van der Waals surface area contributed by atoms with Crippen LogP contribution < -0.4 is 56.5 Å². The second kappa shape index (κ2) is 24.4. The van der Waals surface area contributed by atoms with Gasteiger partial charge in [0.1, 0.15) is 0 Å². The minimum atomic E-state index is 0. The van der Waals surface area contributed by atoms with Crippen molar-refractivity contribution in [3.63, 3.8) is 0 Å². The Morgan fingerprint density at radius 3 is 1.50 bits per heavy atom. The second-order valence-electron chi connectivity index (χ2n) is 0.289. The van der Waals surface area contributed by atoms with Crippen LogP contribution in [-0.2, 0) is 0 Å². The molecule has 0 aliphatic carbocycles. The molecule has 34 valence electrons. The zero-order valence-electron chi connectivity index (χ0n) is 3.87. The smallest absolute Gasteiger partial charge is 0.855 e. The first-order valence-electron chi connectivity index (χ1n) is 1.14. The summed E-state index contributed by atoms with van der Waals surface area (Å²) in [4.78, 5) is 0. The van der Waals surface area contributed by atoms with Crippen LogP contribution in [-0.4, -0.2) is 6.61 Å². The summed E-state index contributed by atoms with van der Waals surface area (Å²) in [7, 11) is 0. The van der Waals surface area contributed by atoms with E-state index in [0.29, 0.717) is 0 Å². The quantitative estimate of drug-likeness (QED) is 0.376. The molecule has 1 nitrogen and oxygen atoms in total. The standard InChI is InChI=1S/C2H5O.I2.K/c1-2-3;1-2;/h2H2,1H3;;/q-1;;+1. The van der Waals surface area contributed by atoms with Gasteiger partial charge in [-0.1, -0.05) is 6.92 Å². The van der Waals surface area contributed by atoms with E-state index in [4.69, 9.17) is 5.11 Å². The van der Waals surface area contributed by atoms with E-state index in [0.717, 1.165) is 0 Å². The van der Waals surface area contributed by atoms with Crippen molar-refractivity contribution in [2.24, 2.45) is 0 Å². The maximum atomic E-state index is 8.93. The number of halogens is 2. The second-order valence-corrected chi connectivity index (χ2v) is 0.289. The van der Waals surface area contributed by atoms with E-state index in [1.165, 1.54) is 0 Å². The first-order chi connectivity index (χ1) is 2.41. The summed E-state index contributed by atoms with van der Waals surface area (Å²) in [5.41, 5.74) is 0. The maximum absolute atomic E-state index is 8.93.